The van der Waals surface area contributed by atoms with E-state index in [1.54, 1.807) is 12.1 Å². The number of unbranched alkanes of at least 4 members (excludes halogenated alkanes) is 2. The summed E-state index contributed by atoms with van der Waals surface area (Å²) in [6, 6.07) is 7.53. The smallest absolute Gasteiger partial charge is 0.251 e. The molecule has 0 radical (unpaired) electrons. The standard InChI is InChI=1S/C17H26N2O2/c1-4-5-6-7-13(2)19-17(21)16-10-8-15(9-11-16)12-18-14(3)20/h8-11,13H,4-7,12H2,1-3H3,(H,18,20)(H,19,21). The van der Waals surface area contributed by atoms with E-state index in [0.717, 1.165) is 18.4 Å². The first-order chi connectivity index (χ1) is 10.0. The lowest BCUT2D eigenvalue weighted by Gasteiger charge is -2.14. The Bertz CT molecular complexity index is 454. The highest BCUT2D eigenvalue weighted by atomic mass is 16.2. The van der Waals surface area contributed by atoms with Crippen LogP contribution in [0.2, 0.25) is 0 Å². The van der Waals surface area contributed by atoms with Crippen LogP contribution in [0.3, 0.4) is 0 Å². The van der Waals surface area contributed by atoms with Crippen molar-refractivity contribution >= 4 is 11.8 Å². The van der Waals surface area contributed by atoms with Crippen molar-refractivity contribution in [2.75, 3.05) is 0 Å². The Morgan fingerprint density at radius 1 is 1.14 bits per heavy atom. The van der Waals surface area contributed by atoms with Crippen LogP contribution in [0, 0.1) is 0 Å². The number of nitrogens with one attached hydrogen (secondary N) is 2. The predicted octanol–water partition coefficient (Wildman–Crippen LogP) is 3.02. The maximum Gasteiger partial charge on any atom is 0.251 e. The molecule has 0 saturated heterocycles. The van der Waals surface area contributed by atoms with E-state index < -0.39 is 0 Å². The average Bonchev–Trinajstić information content (AvgIpc) is 2.45. The van der Waals surface area contributed by atoms with Crippen LogP contribution in [-0.4, -0.2) is 17.9 Å². The van der Waals surface area contributed by atoms with Crippen LogP contribution in [0.25, 0.3) is 0 Å². The molecule has 0 fully saturated rings. The second-order valence-electron chi connectivity index (χ2n) is 5.48. The van der Waals surface area contributed by atoms with Crippen molar-refractivity contribution in [3.05, 3.63) is 35.4 Å². The van der Waals surface area contributed by atoms with E-state index >= 15 is 0 Å². The highest BCUT2D eigenvalue weighted by Gasteiger charge is 2.09. The molecule has 1 aromatic carbocycles. The molecule has 116 valence electrons. The van der Waals surface area contributed by atoms with E-state index in [9.17, 15) is 9.59 Å². The quantitative estimate of drug-likeness (QED) is 0.723. The molecule has 0 aliphatic heterocycles. The van der Waals surface area contributed by atoms with Crippen molar-refractivity contribution in [2.24, 2.45) is 0 Å². The highest BCUT2D eigenvalue weighted by Crippen LogP contribution is 2.07. The summed E-state index contributed by atoms with van der Waals surface area (Å²) in [6.45, 7) is 6.19. The van der Waals surface area contributed by atoms with Crippen molar-refractivity contribution in [3.63, 3.8) is 0 Å². The van der Waals surface area contributed by atoms with E-state index in [2.05, 4.69) is 17.6 Å². The van der Waals surface area contributed by atoms with E-state index in [1.165, 1.54) is 19.8 Å². The van der Waals surface area contributed by atoms with Crippen LogP contribution in [0.5, 0.6) is 0 Å². The molecule has 2 N–H and O–H groups in total. The zero-order valence-corrected chi connectivity index (χ0v) is 13.2. The van der Waals surface area contributed by atoms with Crippen molar-refractivity contribution in [3.8, 4) is 0 Å². The number of rotatable bonds is 8. The first kappa shape index (κ1) is 17.2. The summed E-state index contributed by atoms with van der Waals surface area (Å²) in [5, 5.41) is 5.75. The van der Waals surface area contributed by atoms with Gasteiger partial charge in [-0.1, -0.05) is 38.3 Å². The summed E-state index contributed by atoms with van der Waals surface area (Å²) in [5.41, 5.74) is 1.64. The normalized spacial score (nSPS) is 11.8. The van der Waals surface area contributed by atoms with E-state index in [-0.39, 0.29) is 17.9 Å². The van der Waals surface area contributed by atoms with Crippen LogP contribution >= 0.6 is 0 Å². The molecular formula is C17H26N2O2. The number of carbonyl (C=O) groups excluding carboxylic acids is 2. The first-order valence-electron chi connectivity index (χ1n) is 7.67. The maximum absolute atomic E-state index is 12.1. The lowest BCUT2D eigenvalue weighted by Crippen LogP contribution is -2.32. The number of hydrogen-bond acceptors (Lipinski definition) is 2. The van der Waals surface area contributed by atoms with Crippen molar-refractivity contribution < 1.29 is 9.59 Å². The molecule has 1 atom stereocenters. The van der Waals surface area contributed by atoms with Crippen LogP contribution in [-0.2, 0) is 11.3 Å². The number of amides is 2. The lowest BCUT2D eigenvalue weighted by atomic mass is 10.1. The molecule has 21 heavy (non-hydrogen) atoms. The maximum atomic E-state index is 12.1. The molecule has 0 aliphatic carbocycles. The van der Waals surface area contributed by atoms with Crippen LogP contribution in [0.15, 0.2) is 24.3 Å². The summed E-state index contributed by atoms with van der Waals surface area (Å²) in [5.74, 6) is -0.0946. The van der Waals surface area contributed by atoms with Gasteiger partial charge in [0.2, 0.25) is 5.91 Å². The van der Waals surface area contributed by atoms with Gasteiger partial charge in [-0.25, -0.2) is 0 Å². The molecule has 0 aromatic heterocycles. The number of hydrogen-bond donors (Lipinski definition) is 2. The molecule has 0 spiro atoms. The van der Waals surface area contributed by atoms with Gasteiger partial charge in [-0.3, -0.25) is 9.59 Å². The molecule has 1 unspecified atom stereocenters. The SMILES string of the molecule is CCCCCC(C)NC(=O)c1ccc(CNC(C)=O)cc1. The summed E-state index contributed by atoms with van der Waals surface area (Å²) < 4.78 is 0. The topological polar surface area (TPSA) is 58.2 Å². The van der Waals surface area contributed by atoms with Gasteiger partial charge < -0.3 is 10.6 Å². The summed E-state index contributed by atoms with van der Waals surface area (Å²) in [7, 11) is 0. The molecule has 1 rings (SSSR count). The fraction of sp³-hybridized carbons (Fsp3) is 0.529. The molecule has 4 nitrogen and oxygen atoms in total. The summed E-state index contributed by atoms with van der Waals surface area (Å²) in [6.07, 6.45) is 4.56. The summed E-state index contributed by atoms with van der Waals surface area (Å²) in [4.78, 5) is 22.9. The van der Waals surface area contributed by atoms with E-state index in [0.29, 0.717) is 12.1 Å². The molecule has 0 saturated carbocycles. The molecule has 0 bridgehead atoms. The third kappa shape index (κ3) is 6.93. The minimum Gasteiger partial charge on any atom is -0.352 e. The van der Waals surface area contributed by atoms with Crippen LogP contribution in [0.4, 0.5) is 0 Å². The predicted molar refractivity (Wildman–Crippen MR) is 85.0 cm³/mol. The molecule has 0 heterocycles. The van der Waals surface area contributed by atoms with Gasteiger partial charge in [-0.2, -0.15) is 0 Å². The Hall–Kier alpha value is -1.84. The molecule has 1 aromatic rings. The van der Waals surface area contributed by atoms with Gasteiger partial charge in [0.15, 0.2) is 0 Å². The minimum atomic E-state index is -0.0577. The van der Waals surface area contributed by atoms with Crippen LogP contribution < -0.4 is 10.6 Å². The van der Waals surface area contributed by atoms with Gasteiger partial charge in [0, 0.05) is 25.1 Å². The Balaban J connectivity index is 2.45. The van der Waals surface area contributed by atoms with Crippen LogP contribution in [0.1, 0.15) is 62.4 Å². The van der Waals surface area contributed by atoms with Gasteiger partial charge in [-0.05, 0) is 31.0 Å². The van der Waals surface area contributed by atoms with E-state index in [1.807, 2.05) is 19.1 Å². The van der Waals surface area contributed by atoms with Gasteiger partial charge in [0.1, 0.15) is 0 Å². The third-order valence-corrected chi connectivity index (χ3v) is 3.38. The molecular weight excluding hydrogens is 264 g/mol. The fourth-order valence-electron chi connectivity index (χ4n) is 2.08. The Labute approximate surface area is 127 Å². The number of carbonyl (C=O) groups is 2. The van der Waals surface area contributed by atoms with Gasteiger partial charge in [-0.15, -0.1) is 0 Å². The first-order valence-corrected chi connectivity index (χ1v) is 7.67. The zero-order valence-electron chi connectivity index (χ0n) is 13.2. The second kappa shape index (κ2) is 9.16. The molecule has 0 aliphatic rings. The van der Waals surface area contributed by atoms with Crippen molar-refractivity contribution in [2.45, 2.75) is 59.0 Å². The third-order valence-electron chi connectivity index (χ3n) is 3.38. The van der Waals surface area contributed by atoms with Crippen molar-refractivity contribution in [1.29, 1.82) is 0 Å². The van der Waals surface area contributed by atoms with E-state index in [4.69, 9.17) is 0 Å². The average molecular weight is 290 g/mol. The minimum absolute atomic E-state index is 0.0370. The Kier molecular flexibility index (Phi) is 7.51. The molecule has 2 amide bonds. The van der Waals surface area contributed by atoms with Crippen molar-refractivity contribution in [1.82, 2.24) is 10.6 Å². The Morgan fingerprint density at radius 2 is 1.81 bits per heavy atom. The molecule has 4 heteroatoms. The zero-order chi connectivity index (χ0) is 15.7. The number of benzene rings is 1. The highest BCUT2D eigenvalue weighted by molar-refractivity contribution is 5.94. The Morgan fingerprint density at radius 3 is 2.38 bits per heavy atom. The second-order valence-corrected chi connectivity index (χ2v) is 5.48. The van der Waals surface area contributed by atoms with Gasteiger partial charge >= 0.3 is 0 Å². The fourth-order valence-corrected chi connectivity index (χ4v) is 2.08. The summed E-state index contributed by atoms with van der Waals surface area (Å²) >= 11 is 0. The van der Waals surface area contributed by atoms with Gasteiger partial charge in [0.05, 0.1) is 0 Å². The van der Waals surface area contributed by atoms with Gasteiger partial charge in [0.25, 0.3) is 5.91 Å². The lowest BCUT2D eigenvalue weighted by molar-refractivity contribution is -0.119. The monoisotopic (exact) mass is 290 g/mol. The largest absolute Gasteiger partial charge is 0.352 e.